The summed E-state index contributed by atoms with van der Waals surface area (Å²) in [4.78, 5) is 2.31. The zero-order valence-corrected chi connectivity index (χ0v) is 29.6. The lowest BCUT2D eigenvalue weighted by Gasteiger charge is -2.26. The first-order valence-corrected chi connectivity index (χ1v) is 18.4. The van der Waals surface area contributed by atoms with Gasteiger partial charge in [0.2, 0.25) is 0 Å². The average Bonchev–Trinajstić information content (AvgIpc) is 3.62. The van der Waals surface area contributed by atoms with Crippen molar-refractivity contribution in [1.29, 1.82) is 0 Å². The molecule has 0 N–H and O–H groups in total. The van der Waals surface area contributed by atoms with E-state index in [-0.39, 0.29) is 0 Å². The van der Waals surface area contributed by atoms with Crippen LogP contribution in [0.15, 0.2) is 217 Å². The lowest BCUT2D eigenvalue weighted by Crippen LogP contribution is -2.09. The second-order valence-corrected chi connectivity index (χ2v) is 13.8. The minimum Gasteiger partial charge on any atom is -0.456 e. The molecule has 2 nitrogen and oxygen atoms in total. The van der Waals surface area contributed by atoms with Crippen LogP contribution >= 0.6 is 0 Å². The van der Waals surface area contributed by atoms with E-state index in [1.807, 2.05) is 6.07 Å². The predicted molar refractivity (Wildman–Crippen MR) is 228 cm³/mol. The molecule has 0 aliphatic heterocycles. The van der Waals surface area contributed by atoms with Crippen LogP contribution < -0.4 is 4.90 Å². The fourth-order valence-corrected chi connectivity index (χ4v) is 7.72. The fourth-order valence-electron chi connectivity index (χ4n) is 7.72. The number of hydrogen-bond acceptors (Lipinski definition) is 2. The maximum atomic E-state index is 6.58. The van der Waals surface area contributed by atoms with Gasteiger partial charge in [-0.1, -0.05) is 152 Å². The van der Waals surface area contributed by atoms with Crippen molar-refractivity contribution in [2.24, 2.45) is 0 Å². The standard InChI is InChI=1S/C52H35NO/c1-4-11-36(12-5-1)38-21-26-44(27-22-38)53(46-30-32-49-48-31-25-43(37-13-6-2-7-14-37)34-51(48)54-52(49)35-46)45-28-23-39(24-29-45)42-20-19-41-17-10-18-47(50(41)33-42)40-15-8-3-9-16-40/h1-35H. The number of hydrogen-bond donors (Lipinski definition) is 0. The van der Waals surface area contributed by atoms with Crippen molar-refractivity contribution in [2.75, 3.05) is 4.90 Å². The number of anilines is 3. The fraction of sp³-hybridized carbons (Fsp3) is 0. The zero-order valence-electron chi connectivity index (χ0n) is 29.6. The van der Waals surface area contributed by atoms with Crippen LogP contribution in [0.3, 0.4) is 0 Å². The number of nitrogens with zero attached hydrogens (tertiary/aromatic N) is 1. The van der Waals surface area contributed by atoms with E-state index in [0.29, 0.717) is 0 Å². The molecule has 0 radical (unpaired) electrons. The minimum absolute atomic E-state index is 0.862. The summed E-state index contributed by atoms with van der Waals surface area (Å²) in [6.07, 6.45) is 0. The van der Waals surface area contributed by atoms with Crippen LogP contribution in [-0.4, -0.2) is 0 Å². The summed E-state index contributed by atoms with van der Waals surface area (Å²) in [5, 5.41) is 4.71. The van der Waals surface area contributed by atoms with Crippen LogP contribution in [0.2, 0.25) is 0 Å². The van der Waals surface area contributed by atoms with Gasteiger partial charge in [0.15, 0.2) is 0 Å². The topological polar surface area (TPSA) is 16.4 Å². The highest BCUT2D eigenvalue weighted by Crippen LogP contribution is 2.41. The Morgan fingerprint density at radius 3 is 1.39 bits per heavy atom. The van der Waals surface area contributed by atoms with Crippen molar-refractivity contribution in [2.45, 2.75) is 0 Å². The summed E-state index contributed by atoms with van der Waals surface area (Å²) < 4.78 is 6.58. The highest BCUT2D eigenvalue weighted by atomic mass is 16.3. The second kappa shape index (κ2) is 13.4. The molecular formula is C52H35NO. The van der Waals surface area contributed by atoms with Crippen LogP contribution in [0.5, 0.6) is 0 Å². The van der Waals surface area contributed by atoms with Gasteiger partial charge in [-0.15, -0.1) is 0 Å². The normalized spacial score (nSPS) is 11.3. The maximum Gasteiger partial charge on any atom is 0.137 e. The third-order valence-corrected chi connectivity index (χ3v) is 10.5. The van der Waals surface area contributed by atoms with Gasteiger partial charge in [0.1, 0.15) is 11.2 Å². The first-order valence-electron chi connectivity index (χ1n) is 18.4. The molecule has 0 unspecified atom stereocenters. The van der Waals surface area contributed by atoms with Crippen LogP contribution in [0.4, 0.5) is 17.1 Å². The van der Waals surface area contributed by atoms with Gasteiger partial charge in [-0.05, 0) is 110 Å². The first-order chi connectivity index (χ1) is 26.7. The van der Waals surface area contributed by atoms with Crippen molar-refractivity contribution in [1.82, 2.24) is 0 Å². The zero-order chi connectivity index (χ0) is 35.8. The van der Waals surface area contributed by atoms with Gasteiger partial charge in [-0.2, -0.15) is 0 Å². The van der Waals surface area contributed by atoms with Gasteiger partial charge in [0.05, 0.1) is 0 Å². The van der Waals surface area contributed by atoms with Gasteiger partial charge in [0.25, 0.3) is 0 Å². The van der Waals surface area contributed by atoms with Gasteiger partial charge in [-0.25, -0.2) is 0 Å². The lowest BCUT2D eigenvalue weighted by molar-refractivity contribution is 0.669. The van der Waals surface area contributed by atoms with Crippen LogP contribution in [-0.2, 0) is 0 Å². The molecule has 0 saturated carbocycles. The molecule has 0 bridgehead atoms. The molecule has 10 rings (SSSR count). The van der Waals surface area contributed by atoms with Gasteiger partial charge in [-0.3, -0.25) is 0 Å². The Balaban J connectivity index is 1.05. The molecule has 254 valence electrons. The number of fused-ring (bicyclic) bond motifs is 4. The molecule has 2 heteroatoms. The van der Waals surface area contributed by atoms with E-state index < -0.39 is 0 Å². The SMILES string of the molecule is c1ccc(-c2ccc(N(c3ccc(-c4ccc5cccc(-c6ccccc6)c5c4)cc3)c3ccc4c(c3)oc3cc(-c5ccccc5)ccc34)cc2)cc1. The predicted octanol–water partition coefficient (Wildman–Crippen LogP) is 14.9. The van der Waals surface area contributed by atoms with E-state index in [0.717, 1.165) is 44.6 Å². The summed E-state index contributed by atoms with van der Waals surface area (Å²) >= 11 is 0. The molecule has 1 heterocycles. The van der Waals surface area contributed by atoms with Crippen molar-refractivity contribution in [3.05, 3.63) is 212 Å². The highest BCUT2D eigenvalue weighted by molar-refractivity contribution is 6.07. The van der Waals surface area contributed by atoms with Crippen LogP contribution in [0.1, 0.15) is 0 Å². The molecule has 0 amide bonds. The Kier molecular flexibility index (Phi) is 7.85. The van der Waals surface area contributed by atoms with Crippen molar-refractivity contribution >= 4 is 49.8 Å². The maximum absolute atomic E-state index is 6.58. The van der Waals surface area contributed by atoms with E-state index in [2.05, 4.69) is 211 Å². The molecule has 54 heavy (non-hydrogen) atoms. The molecule has 0 aliphatic rings. The lowest BCUT2D eigenvalue weighted by atomic mass is 9.95. The molecular weight excluding hydrogens is 655 g/mol. The summed E-state index contributed by atoms with van der Waals surface area (Å²) in [7, 11) is 0. The molecule has 0 fully saturated rings. The van der Waals surface area contributed by atoms with E-state index in [1.165, 1.54) is 49.7 Å². The van der Waals surface area contributed by atoms with Gasteiger partial charge < -0.3 is 9.32 Å². The Bertz CT molecular complexity index is 2890. The third-order valence-electron chi connectivity index (χ3n) is 10.5. The molecule has 9 aromatic carbocycles. The van der Waals surface area contributed by atoms with Crippen LogP contribution in [0, 0.1) is 0 Å². The van der Waals surface area contributed by atoms with E-state index in [1.54, 1.807) is 0 Å². The van der Waals surface area contributed by atoms with E-state index >= 15 is 0 Å². The molecule has 0 spiro atoms. The summed E-state index contributed by atoms with van der Waals surface area (Å²) in [5.74, 6) is 0. The van der Waals surface area contributed by atoms with Gasteiger partial charge in [0, 0.05) is 33.9 Å². The van der Waals surface area contributed by atoms with Crippen LogP contribution in [0.25, 0.3) is 77.2 Å². The number of furan rings is 1. The highest BCUT2D eigenvalue weighted by Gasteiger charge is 2.17. The third kappa shape index (κ3) is 5.81. The Labute approximate surface area is 314 Å². The Morgan fingerprint density at radius 1 is 0.278 bits per heavy atom. The average molecular weight is 690 g/mol. The molecule has 1 aromatic heterocycles. The first kappa shape index (κ1) is 31.6. The van der Waals surface area contributed by atoms with Crippen molar-refractivity contribution in [3.63, 3.8) is 0 Å². The monoisotopic (exact) mass is 689 g/mol. The minimum atomic E-state index is 0.862. The molecule has 10 aromatic rings. The molecule has 0 saturated heterocycles. The summed E-state index contributed by atoms with van der Waals surface area (Å²) in [6.45, 7) is 0. The number of rotatable bonds is 7. The largest absolute Gasteiger partial charge is 0.456 e. The quantitative estimate of drug-likeness (QED) is 0.166. The van der Waals surface area contributed by atoms with Crippen molar-refractivity contribution in [3.8, 4) is 44.5 Å². The van der Waals surface area contributed by atoms with Crippen molar-refractivity contribution < 1.29 is 4.42 Å². The van der Waals surface area contributed by atoms with Gasteiger partial charge >= 0.3 is 0 Å². The number of benzene rings is 9. The second-order valence-electron chi connectivity index (χ2n) is 13.8. The van der Waals surface area contributed by atoms with E-state index in [4.69, 9.17) is 4.42 Å². The van der Waals surface area contributed by atoms with E-state index in [9.17, 15) is 0 Å². The smallest absolute Gasteiger partial charge is 0.137 e. The summed E-state index contributed by atoms with van der Waals surface area (Å²) in [5.41, 5.74) is 14.4. The Morgan fingerprint density at radius 2 is 0.741 bits per heavy atom. The Hall–Kier alpha value is -7.16. The summed E-state index contributed by atoms with van der Waals surface area (Å²) in [6, 6.07) is 75.8. The molecule has 0 atom stereocenters. The molecule has 0 aliphatic carbocycles.